The minimum Gasteiger partial charge on any atom is -0.328 e. The van der Waals surface area contributed by atoms with E-state index in [-0.39, 0.29) is 36.2 Å². The highest BCUT2D eigenvalue weighted by Crippen LogP contribution is 2.25. The van der Waals surface area contributed by atoms with E-state index >= 15 is 0 Å². The lowest BCUT2D eigenvalue weighted by atomic mass is 9.92. The van der Waals surface area contributed by atoms with Gasteiger partial charge in [0.2, 0.25) is 10.0 Å². The van der Waals surface area contributed by atoms with E-state index in [4.69, 9.17) is 5.73 Å². The minimum absolute atomic E-state index is 0. The molecule has 1 aliphatic carbocycles. The largest absolute Gasteiger partial charge is 0.328 e. The fourth-order valence-electron chi connectivity index (χ4n) is 3.00. The van der Waals surface area contributed by atoms with Gasteiger partial charge in [0.1, 0.15) is 0 Å². The number of halogens is 1. The molecule has 1 aromatic carbocycles. The first kappa shape index (κ1) is 19.4. The van der Waals surface area contributed by atoms with Crippen LogP contribution in [-0.2, 0) is 10.0 Å². The molecule has 0 amide bonds. The van der Waals surface area contributed by atoms with Crippen molar-refractivity contribution in [2.45, 2.75) is 50.6 Å². The van der Waals surface area contributed by atoms with E-state index in [9.17, 15) is 8.42 Å². The van der Waals surface area contributed by atoms with Crippen LogP contribution >= 0.6 is 12.4 Å². The van der Waals surface area contributed by atoms with Gasteiger partial charge in [0.05, 0.1) is 5.75 Å². The Hall–Kier alpha value is -0.620. The van der Waals surface area contributed by atoms with E-state index in [0.717, 1.165) is 31.2 Å². The zero-order valence-electron chi connectivity index (χ0n) is 13.3. The van der Waals surface area contributed by atoms with Crippen LogP contribution in [0.5, 0.6) is 0 Å². The SMILES string of the molecule is CC(CS(=O)(=O)N(C)C1CCC(N)CC1)c1ccccc1.Cl. The van der Waals surface area contributed by atoms with Crippen LogP contribution in [0.25, 0.3) is 0 Å². The molecular weight excluding hydrogens is 320 g/mol. The Morgan fingerprint density at radius 3 is 2.27 bits per heavy atom. The van der Waals surface area contributed by atoms with E-state index in [2.05, 4.69) is 0 Å². The second-order valence-corrected chi connectivity index (χ2v) is 8.25. The molecule has 0 bridgehead atoms. The Balaban J connectivity index is 0.00000242. The summed E-state index contributed by atoms with van der Waals surface area (Å²) in [6.45, 7) is 1.97. The molecule has 0 heterocycles. The summed E-state index contributed by atoms with van der Waals surface area (Å²) in [5, 5.41) is 0. The van der Waals surface area contributed by atoms with Gasteiger partial charge in [0, 0.05) is 19.1 Å². The quantitative estimate of drug-likeness (QED) is 0.891. The van der Waals surface area contributed by atoms with Crippen molar-refractivity contribution < 1.29 is 8.42 Å². The van der Waals surface area contributed by atoms with Crippen LogP contribution in [0.3, 0.4) is 0 Å². The number of nitrogens with two attached hydrogens (primary N) is 1. The summed E-state index contributed by atoms with van der Waals surface area (Å²) in [6, 6.07) is 10.2. The monoisotopic (exact) mass is 346 g/mol. The molecule has 1 atom stereocenters. The Morgan fingerprint density at radius 2 is 1.73 bits per heavy atom. The highest BCUT2D eigenvalue weighted by atomic mass is 35.5. The maximum atomic E-state index is 12.6. The summed E-state index contributed by atoms with van der Waals surface area (Å²) in [5.74, 6) is 0.167. The molecule has 0 saturated heterocycles. The third-order valence-electron chi connectivity index (χ3n) is 4.52. The minimum atomic E-state index is -3.23. The zero-order valence-corrected chi connectivity index (χ0v) is 14.9. The van der Waals surface area contributed by atoms with E-state index in [1.807, 2.05) is 37.3 Å². The van der Waals surface area contributed by atoms with Gasteiger partial charge in [-0.3, -0.25) is 0 Å². The summed E-state index contributed by atoms with van der Waals surface area (Å²) < 4.78 is 26.8. The maximum absolute atomic E-state index is 12.6. The van der Waals surface area contributed by atoms with Crippen molar-refractivity contribution in [3.05, 3.63) is 35.9 Å². The average molecular weight is 347 g/mol. The molecular formula is C16H27ClN2O2S. The van der Waals surface area contributed by atoms with Gasteiger partial charge in [-0.25, -0.2) is 12.7 Å². The molecule has 4 nitrogen and oxygen atoms in total. The van der Waals surface area contributed by atoms with Crippen LogP contribution in [0, 0.1) is 0 Å². The molecule has 1 aromatic rings. The van der Waals surface area contributed by atoms with Crippen LogP contribution < -0.4 is 5.73 Å². The lowest BCUT2D eigenvalue weighted by Crippen LogP contribution is -2.43. The van der Waals surface area contributed by atoms with Crippen LogP contribution in [0.1, 0.15) is 44.1 Å². The molecule has 1 saturated carbocycles. The Labute approximate surface area is 140 Å². The Bertz CT molecular complexity index is 543. The first-order valence-electron chi connectivity index (χ1n) is 7.66. The van der Waals surface area contributed by atoms with Gasteiger partial charge in [-0.1, -0.05) is 37.3 Å². The van der Waals surface area contributed by atoms with Crippen molar-refractivity contribution in [3.63, 3.8) is 0 Å². The third-order valence-corrected chi connectivity index (χ3v) is 6.62. The summed E-state index contributed by atoms with van der Waals surface area (Å²) in [4.78, 5) is 0. The van der Waals surface area contributed by atoms with Crippen molar-refractivity contribution in [1.82, 2.24) is 4.31 Å². The molecule has 0 aromatic heterocycles. The Morgan fingerprint density at radius 1 is 1.18 bits per heavy atom. The van der Waals surface area contributed by atoms with Crippen molar-refractivity contribution >= 4 is 22.4 Å². The van der Waals surface area contributed by atoms with Gasteiger partial charge < -0.3 is 5.73 Å². The zero-order chi connectivity index (χ0) is 15.5. The summed E-state index contributed by atoms with van der Waals surface area (Å²) in [7, 11) is -1.52. The summed E-state index contributed by atoms with van der Waals surface area (Å²) in [6.07, 6.45) is 3.57. The van der Waals surface area contributed by atoms with Gasteiger partial charge in [-0.2, -0.15) is 0 Å². The van der Waals surface area contributed by atoms with Crippen molar-refractivity contribution in [3.8, 4) is 0 Å². The number of benzene rings is 1. The molecule has 0 aliphatic heterocycles. The van der Waals surface area contributed by atoms with Crippen molar-refractivity contribution in [1.29, 1.82) is 0 Å². The second-order valence-electron chi connectivity index (χ2n) is 6.18. The molecule has 2 rings (SSSR count). The summed E-state index contributed by atoms with van der Waals surface area (Å²) >= 11 is 0. The van der Waals surface area contributed by atoms with E-state index in [1.165, 1.54) is 0 Å². The van der Waals surface area contributed by atoms with Crippen LogP contribution in [0.4, 0.5) is 0 Å². The molecule has 0 radical (unpaired) electrons. The highest BCUT2D eigenvalue weighted by Gasteiger charge is 2.30. The first-order valence-corrected chi connectivity index (χ1v) is 9.27. The molecule has 1 fully saturated rings. The average Bonchev–Trinajstić information content (AvgIpc) is 2.48. The molecule has 6 heteroatoms. The van der Waals surface area contributed by atoms with Gasteiger partial charge >= 0.3 is 0 Å². The molecule has 1 aliphatic rings. The maximum Gasteiger partial charge on any atom is 0.214 e. The fraction of sp³-hybridized carbons (Fsp3) is 0.625. The molecule has 126 valence electrons. The van der Waals surface area contributed by atoms with Crippen molar-refractivity contribution in [2.24, 2.45) is 5.73 Å². The number of hydrogen-bond acceptors (Lipinski definition) is 3. The third kappa shape index (κ3) is 4.95. The fourth-order valence-corrected chi connectivity index (χ4v) is 4.73. The van der Waals surface area contributed by atoms with Crippen LogP contribution in [0.2, 0.25) is 0 Å². The molecule has 1 unspecified atom stereocenters. The number of nitrogens with zero attached hydrogens (tertiary/aromatic N) is 1. The van der Waals surface area contributed by atoms with Gasteiger partial charge in [0.15, 0.2) is 0 Å². The molecule has 22 heavy (non-hydrogen) atoms. The molecule has 0 spiro atoms. The number of sulfonamides is 1. The Kier molecular flexibility index (Phi) is 7.32. The van der Waals surface area contributed by atoms with Crippen molar-refractivity contribution in [2.75, 3.05) is 12.8 Å². The predicted octanol–water partition coefficient (Wildman–Crippen LogP) is 2.74. The van der Waals surface area contributed by atoms with E-state index in [1.54, 1.807) is 11.4 Å². The van der Waals surface area contributed by atoms with Crippen LogP contribution in [0.15, 0.2) is 30.3 Å². The lowest BCUT2D eigenvalue weighted by Gasteiger charge is -2.33. The smallest absolute Gasteiger partial charge is 0.214 e. The molecule has 2 N–H and O–H groups in total. The first-order chi connectivity index (χ1) is 9.90. The van der Waals surface area contributed by atoms with E-state index < -0.39 is 10.0 Å². The van der Waals surface area contributed by atoms with Gasteiger partial charge in [0.25, 0.3) is 0 Å². The van der Waals surface area contributed by atoms with Gasteiger partial charge in [-0.15, -0.1) is 12.4 Å². The highest BCUT2D eigenvalue weighted by molar-refractivity contribution is 7.89. The second kappa shape index (κ2) is 8.29. The number of rotatable bonds is 5. The predicted molar refractivity (Wildman–Crippen MR) is 93.9 cm³/mol. The summed E-state index contributed by atoms with van der Waals surface area (Å²) in [5.41, 5.74) is 6.96. The van der Waals surface area contributed by atoms with E-state index in [0.29, 0.717) is 0 Å². The topological polar surface area (TPSA) is 63.4 Å². The van der Waals surface area contributed by atoms with Gasteiger partial charge in [-0.05, 0) is 37.2 Å². The normalized spacial score (nSPS) is 23.8. The van der Waals surface area contributed by atoms with Crippen LogP contribution in [-0.4, -0.2) is 37.6 Å². The number of hydrogen-bond donors (Lipinski definition) is 1. The standard InChI is InChI=1S/C16H26N2O2S.ClH/c1-13(14-6-4-3-5-7-14)12-21(19,20)18(2)16-10-8-15(17)9-11-16;/h3-7,13,15-16H,8-12,17H2,1-2H3;1H. The lowest BCUT2D eigenvalue weighted by molar-refractivity contribution is 0.268.